The quantitative estimate of drug-likeness (QED) is 0.879. The van der Waals surface area contributed by atoms with Crippen LogP contribution in [0.15, 0.2) is 59.9 Å². The van der Waals surface area contributed by atoms with Gasteiger partial charge in [-0.05, 0) is 29.8 Å². The lowest BCUT2D eigenvalue weighted by Gasteiger charge is -2.29. The van der Waals surface area contributed by atoms with Crippen molar-refractivity contribution in [3.63, 3.8) is 0 Å². The van der Waals surface area contributed by atoms with Gasteiger partial charge in [0.2, 0.25) is 0 Å². The maximum absolute atomic E-state index is 12.7. The number of rotatable bonds is 3. The topological polar surface area (TPSA) is 88.6 Å². The van der Waals surface area contributed by atoms with Crippen LogP contribution in [-0.2, 0) is 11.0 Å². The van der Waals surface area contributed by atoms with E-state index >= 15 is 0 Å². The monoisotopic (exact) mass is 361 g/mol. The van der Waals surface area contributed by atoms with Crippen LogP contribution in [0.25, 0.3) is 5.70 Å². The predicted molar refractivity (Wildman–Crippen MR) is 89.4 cm³/mol. The Balaban J connectivity index is 2.04. The molecule has 0 radical (unpaired) electrons. The summed E-state index contributed by atoms with van der Waals surface area (Å²) in [5, 5.41) is 9.53. The molecule has 1 aromatic heterocycles. The van der Waals surface area contributed by atoms with E-state index < -0.39 is 23.2 Å². The second-order valence-corrected chi connectivity index (χ2v) is 5.85. The van der Waals surface area contributed by atoms with Gasteiger partial charge >= 0.3 is 12.1 Å². The average molecular weight is 361 g/mol. The van der Waals surface area contributed by atoms with E-state index in [0.717, 1.165) is 12.1 Å². The van der Waals surface area contributed by atoms with Crippen LogP contribution >= 0.6 is 0 Å². The minimum atomic E-state index is -4.43. The summed E-state index contributed by atoms with van der Waals surface area (Å²) in [6, 6.07) is 7.75. The van der Waals surface area contributed by atoms with Crippen LogP contribution < -0.4 is 5.73 Å². The largest absolute Gasteiger partial charge is 0.480 e. The predicted octanol–water partition coefficient (Wildman–Crippen LogP) is 3.12. The Morgan fingerprint density at radius 2 is 1.85 bits per heavy atom. The smallest absolute Gasteiger partial charge is 0.416 e. The number of hydrogen-bond acceptors (Lipinski definition) is 4. The van der Waals surface area contributed by atoms with E-state index in [-0.39, 0.29) is 12.1 Å². The van der Waals surface area contributed by atoms with Crippen LogP contribution in [-0.4, -0.2) is 27.3 Å². The van der Waals surface area contributed by atoms with E-state index in [0.29, 0.717) is 16.8 Å². The molecule has 5 nitrogen and oxygen atoms in total. The van der Waals surface area contributed by atoms with E-state index in [1.165, 1.54) is 30.6 Å². The zero-order chi connectivity index (χ0) is 18.9. The van der Waals surface area contributed by atoms with Crippen LogP contribution in [0.5, 0.6) is 0 Å². The zero-order valence-corrected chi connectivity index (χ0v) is 13.4. The van der Waals surface area contributed by atoms with Crippen molar-refractivity contribution in [1.82, 2.24) is 4.98 Å². The Morgan fingerprint density at radius 3 is 2.38 bits per heavy atom. The van der Waals surface area contributed by atoms with Gasteiger partial charge in [0.25, 0.3) is 0 Å². The Bertz CT molecular complexity index is 890. The number of aliphatic imine (C=N–C) groups is 1. The molecular weight excluding hydrogens is 347 g/mol. The standard InChI is InChI=1S/C18H14F3N3O2/c19-18(20,21)13-5-3-11(4-6-13)14-7-8-17(22,16(25)26)15(24-14)12-2-1-9-23-10-12/h1-7,9-10H,8,22H2,(H,25,26). The van der Waals surface area contributed by atoms with Crippen molar-refractivity contribution in [2.24, 2.45) is 10.7 Å². The second-order valence-electron chi connectivity index (χ2n) is 5.85. The molecule has 3 N–H and O–H groups in total. The van der Waals surface area contributed by atoms with E-state index in [4.69, 9.17) is 5.73 Å². The van der Waals surface area contributed by atoms with Gasteiger partial charge in [0.15, 0.2) is 5.54 Å². The molecule has 1 unspecified atom stereocenters. The molecule has 134 valence electrons. The van der Waals surface area contributed by atoms with Crippen molar-refractivity contribution in [3.8, 4) is 0 Å². The summed E-state index contributed by atoms with van der Waals surface area (Å²) in [4.78, 5) is 20.0. The molecule has 8 heteroatoms. The fourth-order valence-electron chi connectivity index (χ4n) is 2.65. The van der Waals surface area contributed by atoms with Gasteiger partial charge in [0.05, 0.1) is 17.0 Å². The number of nitrogens with zero attached hydrogens (tertiary/aromatic N) is 2. The van der Waals surface area contributed by atoms with Crippen molar-refractivity contribution < 1.29 is 23.1 Å². The Morgan fingerprint density at radius 1 is 1.15 bits per heavy atom. The fraction of sp³-hybridized carbons (Fsp3) is 0.167. The lowest BCUT2D eigenvalue weighted by Crippen LogP contribution is -2.55. The van der Waals surface area contributed by atoms with Gasteiger partial charge < -0.3 is 10.8 Å². The molecule has 0 fully saturated rings. The molecule has 0 amide bonds. The van der Waals surface area contributed by atoms with Crippen molar-refractivity contribution in [3.05, 3.63) is 71.6 Å². The molecule has 0 saturated heterocycles. The third-order valence-corrected chi connectivity index (χ3v) is 4.10. The van der Waals surface area contributed by atoms with Crippen LogP contribution in [0.3, 0.4) is 0 Å². The summed E-state index contributed by atoms with van der Waals surface area (Å²) >= 11 is 0. The van der Waals surface area contributed by atoms with Gasteiger partial charge in [-0.2, -0.15) is 13.2 Å². The van der Waals surface area contributed by atoms with Crippen LogP contribution in [0.2, 0.25) is 0 Å². The molecule has 1 aromatic carbocycles. The van der Waals surface area contributed by atoms with Gasteiger partial charge in [0.1, 0.15) is 0 Å². The number of carbonyl (C=O) groups is 1. The second kappa shape index (κ2) is 6.38. The number of nitrogens with two attached hydrogens (primary N) is 1. The van der Waals surface area contributed by atoms with Gasteiger partial charge in [0, 0.05) is 24.4 Å². The average Bonchev–Trinajstić information content (AvgIpc) is 2.62. The Hall–Kier alpha value is -3.00. The Labute approximate surface area is 146 Å². The van der Waals surface area contributed by atoms with E-state index in [1.807, 2.05) is 0 Å². The van der Waals surface area contributed by atoms with E-state index in [9.17, 15) is 23.1 Å². The molecule has 1 atom stereocenters. The van der Waals surface area contributed by atoms with Crippen molar-refractivity contribution in [1.29, 1.82) is 0 Å². The Kier molecular flexibility index (Phi) is 4.37. The molecule has 26 heavy (non-hydrogen) atoms. The highest BCUT2D eigenvalue weighted by Gasteiger charge is 2.42. The first kappa shape index (κ1) is 17.8. The molecule has 0 aliphatic carbocycles. The number of benzene rings is 1. The first-order valence-corrected chi connectivity index (χ1v) is 7.61. The van der Waals surface area contributed by atoms with Crippen LogP contribution in [0.1, 0.15) is 23.1 Å². The molecular formula is C18H14F3N3O2. The molecule has 2 heterocycles. The minimum absolute atomic E-state index is 0.0492. The van der Waals surface area contributed by atoms with Gasteiger partial charge in [-0.15, -0.1) is 0 Å². The minimum Gasteiger partial charge on any atom is -0.480 e. The number of halogens is 3. The van der Waals surface area contributed by atoms with Crippen molar-refractivity contribution in [2.45, 2.75) is 18.1 Å². The summed E-state index contributed by atoms with van der Waals surface area (Å²) in [6.07, 6.45) is -0.000129. The van der Waals surface area contributed by atoms with Gasteiger partial charge in [-0.3, -0.25) is 4.98 Å². The molecule has 1 aliphatic heterocycles. The number of alkyl halides is 3. The van der Waals surface area contributed by atoms with Crippen LogP contribution in [0, 0.1) is 0 Å². The maximum Gasteiger partial charge on any atom is 0.416 e. The molecule has 0 bridgehead atoms. The third-order valence-electron chi connectivity index (χ3n) is 4.10. The highest BCUT2D eigenvalue weighted by molar-refractivity contribution is 6.21. The van der Waals surface area contributed by atoms with E-state index in [1.54, 1.807) is 12.1 Å². The number of aliphatic carboxylic acids is 1. The zero-order valence-electron chi connectivity index (χ0n) is 13.4. The maximum atomic E-state index is 12.7. The SMILES string of the molecule is NC1(C(=O)O)CC=C(c2ccc(C(F)(F)F)cc2)N=C1c1cccnc1. The number of pyridine rings is 1. The summed E-state index contributed by atoms with van der Waals surface area (Å²) in [5.41, 5.74) is 4.88. The summed E-state index contributed by atoms with van der Waals surface area (Å²) < 4.78 is 38.1. The first-order valence-electron chi connectivity index (χ1n) is 7.61. The number of hydrogen-bond donors (Lipinski definition) is 2. The van der Waals surface area contributed by atoms with Gasteiger partial charge in [-0.25, -0.2) is 9.79 Å². The lowest BCUT2D eigenvalue weighted by atomic mass is 9.84. The van der Waals surface area contributed by atoms with Crippen molar-refractivity contribution in [2.75, 3.05) is 0 Å². The van der Waals surface area contributed by atoms with E-state index in [2.05, 4.69) is 9.98 Å². The van der Waals surface area contributed by atoms with Crippen LogP contribution in [0.4, 0.5) is 13.2 Å². The number of carboxylic acids is 1. The first-order chi connectivity index (χ1) is 12.2. The fourth-order valence-corrected chi connectivity index (χ4v) is 2.65. The summed E-state index contributed by atoms with van der Waals surface area (Å²) in [5.74, 6) is -1.25. The summed E-state index contributed by atoms with van der Waals surface area (Å²) in [6.45, 7) is 0. The summed E-state index contributed by atoms with van der Waals surface area (Å²) in [7, 11) is 0. The highest BCUT2D eigenvalue weighted by Crippen LogP contribution is 2.32. The highest BCUT2D eigenvalue weighted by atomic mass is 19.4. The lowest BCUT2D eigenvalue weighted by molar-refractivity contribution is -0.140. The normalized spacial score (nSPS) is 20.3. The molecule has 3 rings (SSSR count). The molecule has 0 saturated carbocycles. The van der Waals surface area contributed by atoms with Crippen molar-refractivity contribution >= 4 is 17.4 Å². The number of carboxylic acid groups (broad SMARTS) is 1. The number of aromatic nitrogens is 1. The van der Waals surface area contributed by atoms with Gasteiger partial charge in [-0.1, -0.05) is 18.2 Å². The molecule has 1 aliphatic rings. The molecule has 2 aromatic rings. The molecule has 0 spiro atoms. The third kappa shape index (κ3) is 3.23.